The van der Waals surface area contributed by atoms with Gasteiger partial charge in [0.2, 0.25) is 0 Å². The van der Waals surface area contributed by atoms with Crippen molar-refractivity contribution in [3.63, 3.8) is 0 Å². The quantitative estimate of drug-likeness (QED) is 0.183. The topological polar surface area (TPSA) is 35.1 Å². The highest BCUT2D eigenvalue weighted by Gasteiger charge is 2.25. The van der Waals surface area contributed by atoms with Gasteiger partial charge in [-0.2, -0.15) is 0 Å². The number of fused-ring (bicyclic) bond motifs is 14. The third-order valence-electron chi connectivity index (χ3n) is 12.0. The summed E-state index contributed by atoms with van der Waals surface area (Å²) in [4.78, 5) is 10.5. The molecular formula is C52H30N4. The number of rotatable bonds is 3. The Bertz CT molecular complexity index is 3760. The SMILES string of the molecule is c1ccc2cc(-c3nc4ccccc4nc3-c3ccc(-n4c5ccccc5c5c6c7ccc8ccccc8c7n7c8ccccc8c(cc54)c67)cc3)ccc2c1. The van der Waals surface area contributed by atoms with Crippen LogP contribution in [0.5, 0.6) is 0 Å². The first-order chi connectivity index (χ1) is 27.8. The van der Waals surface area contributed by atoms with Crippen molar-refractivity contribution >= 4 is 92.5 Å². The van der Waals surface area contributed by atoms with E-state index in [0.717, 1.165) is 39.2 Å². The summed E-state index contributed by atoms with van der Waals surface area (Å²) in [5.41, 5.74) is 12.9. The van der Waals surface area contributed by atoms with Crippen LogP contribution in [-0.2, 0) is 0 Å². The Morgan fingerprint density at radius 2 is 0.946 bits per heavy atom. The molecule has 56 heavy (non-hydrogen) atoms. The van der Waals surface area contributed by atoms with Crippen LogP contribution in [0.3, 0.4) is 0 Å². The van der Waals surface area contributed by atoms with Crippen LogP contribution in [0.1, 0.15) is 0 Å². The monoisotopic (exact) mass is 710 g/mol. The Kier molecular flexibility index (Phi) is 5.86. The molecule has 0 aliphatic heterocycles. The predicted octanol–water partition coefficient (Wildman–Crippen LogP) is 13.5. The van der Waals surface area contributed by atoms with E-state index in [-0.39, 0.29) is 0 Å². The maximum Gasteiger partial charge on any atom is 0.0973 e. The number of nitrogens with zero attached hydrogens (tertiary/aromatic N) is 4. The fraction of sp³-hybridized carbons (Fsp3) is 0. The van der Waals surface area contributed by atoms with E-state index in [1.54, 1.807) is 0 Å². The minimum atomic E-state index is 0.874. The zero-order valence-electron chi connectivity index (χ0n) is 30.1. The van der Waals surface area contributed by atoms with Crippen molar-refractivity contribution in [2.24, 2.45) is 0 Å². The Labute approximate surface area is 320 Å². The molecule has 0 unspecified atom stereocenters. The smallest absolute Gasteiger partial charge is 0.0973 e. The minimum Gasteiger partial charge on any atom is -0.309 e. The molecule has 0 atom stereocenters. The van der Waals surface area contributed by atoms with Crippen molar-refractivity contribution in [3.8, 4) is 28.2 Å². The van der Waals surface area contributed by atoms with Crippen LogP contribution in [0.15, 0.2) is 182 Å². The van der Waals surface area contributed by atoms with Gasteiger partial charge in [0.25, 0.3) is 0 Å². The molecule has 258 valence electrons. The summed E-state index contributed by atoms with van der Waals surface area (Å²) in [6.07, 6.45) is 0. The van der Waals surface area contributed by atoms with Gasteiger partial charge in [-0.1, -0.05) is 133 Å². The molecule has 4 nitrogen and oxygen atoms in total. The molecule has 4 heteroatoms. The van der Waals surface area contributed by atoms with Gasteiger partial charge in [0.05, 0.1) is 50.0 Å². The van der Waals surface area contributed by atoms with E-state index in [4.69, 9.17) is 9.97 Å². The summed E-state index contributed by atoms with van der Waals surface area (Å²) in [7, 11) is 0. The van der Waals surface area contributed by atoms with Crippen molar-refractivity contribution in [1.29, 1.82) is 0 Å². The molecule has 4 aromatic heterocycles. The Hall–Kier alpha value is -7.56. The Morgan fingerprint density at radius 3 is 1.75 bits per heavy atom. The Balaban J connectivity index is 1.08. The molecular weight excluding hydrogens is 681 g/mol. The third-order valence-corrected chi connectivity index (χ3v) is 12.0. The molecule has 0 spiro atoms. The standard InChI is InChI=1S/C52H30N4/c1-2-13-34-29-35(22-21-31(34)11-1)50-49(53-42-17-7-8-18-43(42)54-50)33-23-26-36(27-24-33)55-45-20-10-6-16-39(45)47-46(55)30-41-38-15-5-9-19-44(38)56-51-37-14-4-3-12-32(37)25-28-40(51)48(47)52(41)56/h1-30H. The minimum absolute atomic E-state index is 0.874. The van der Waals surface area contributed by atoms with Crippen molar-refractivity contribution in [1.82, 2.24) is 18.9 Å². The van der Waals surface area contributed by atoms with Gasteiger partial charge in [-0.25, -0.2) is 9.97 Å². The largest absolute Gasteiger partial charge is 0.309 e. The first-order valence-electron chi connectivity index (χ1n) is 19.2. The van der Waals surface area contributed by atoms with E-state index < -0.39 is 0 Å². The summed E-state index contributed by atoms with van der Waals surface area (Å²) in [5, 5.41) is 12.6. The maximum atomic E-state index is 5.25. The third kappa shape index (κ3) is 3.97. The van der Waals surface area contributed by atoms with Crippen molar-refractivity contribution in [2.75, 3.05) is 0 Å². The lowest BCUT2D eigenvalue weighted by Gasteiger charge is -2.13. The summed E-state index contributed by atoms with van der Waals surface area (Å²) >= 11 is 0. The lowest BCUT2D eigenvalue weighted by atomic mass is 10.00. The molecule has 0 fully saturated rings. The summed E-state index contributed by atoms with van der Waals surface area (Å²) < 4.78 is 4.97. The summed E-state index contributed by atoms with van der Waals surface area (Å²) in [6.45, 7) is 0. The average Bonchev–Trinajstić information content (AvgIpc) is 3.90. The van der Waals surface area contributed by atoms with Gasteiger partial charge in [-0.3, -0.25) is 0 Å². The first kappa shape index (κ1) is 29.8. The van der Waals surface area contributed by atoms with Crippen LogP contribution in [0.2, 0.25) is 0 Å². The lowest BCUT2D eigenvalue weighted by molar-refractivity contribution is 1.18. The van der Waals surface area contributed by atoms with Crippen LogP contribution in [0.25, 0.3) is 121 Å². The van der Waals surface area contributed by atoms with E-state index in [0.29, 0.717) is 0 Å². The van der Waals surface area contributed by atoms with Crippen LogP contribution in [0.4, 0.5) is 0 Å². The average molecular weight is 711 g/mol. The van der Waals surface area contributed by atoms with Crippen molar-refractivity contribution in [2.45, 2.75) is 0 Å². The van der Waals surface area contributed by atoms with Crippen LogP contribution in [-0.4, -0.2) is 18.9 Å². The molecule has 0 saturated heterocycles. The zero-order valence-corrected chi connectivity index (χ0v) is 30.1. The number of hydrogen-bond acceptors (Lipinski definition) is 2. The van der Waals surface area contributed by atoms with Gasteiger partial charge in [0.15, 0.2) is 0 Å². The summed E-state index contributed by atoms with van der Waals surface area (Å²) in [5.74, 6) is 0. The fourth-order valence-electron chi connectivity index (χ4n) is 9.55. The number of hydrogen-bond donors (Lipinski definition) is 0. The van der Waals surface area contributed by atoms with E-state index >= 15 is 0 Å². The highest BCUT2D eigenvalue weighted by Crippen LogP contribution is 2.48. The van der Waals surface area contributed by atoms with Crippen LogP contribution in [0, 0.1) is 0 Å². The van der Waals surface area contributed by atoms with Gasteiger partial charge < -0.3 is 8.97 Å². The van der Waals surface area contributed by atoms with E-state index in [1.165, 1.54) is 81.4 Å². The predicted molar refractivity (Wildman–Crippen MR) is 234 cm³/mol. The van der Waals surface area contributed by atoms with Crippen molar-refractivity contribution < 1.29 is 0 Å². The number of para-hydroxylation sites is 4. The van der Waals surface area contributed by atoms with E-state index in [1.807, 2.05) is 24.3 Å². The van der Waals surface area contributed by atoms with Crippen molar-refractivity contribution in [3.05, 3.63) is 182 Å². The molecule has 13 aromatic rings. The molecule has 9 aromatic carbocycles. The molecule has 13 rings (SSSR count). The fourth-order valence-corrected chi connectivity index (χ4v) is 9.55. The molecule has 0 radical (unpaired) electrons. The molecule has 0 bridgehead atoms. The normalized spacial score (nSPS) is 12.3. The van der Waals surface area contributed by atoms with Crippen LogP contribution < -0.4 is 0 Å². The van der Waals surface area contributed by atoms with E-state index in [9.17, 15) is 0 Å². The highest BCUT2D eigenvalue weighted by atomic mass is 15.0. The van der Waals surface area contributed by atoms with Gasteiger partial charge in [0, 0.05) is 54.5 Å². The zero-order chi connectivity index (χ0) is 36.5. The van der Waals surface area contributed by atoms with Gasteiger partial charge in [-0.05, 0) is 64.7 Å². The lowest BCUT2D eigenvalue weighted by Crippen LogP contribution is -1.97. The van der Waals surface area contributed by atoms with Gasteiger partial charge in [0.1, 0.15) is 0 Å². The molecule has 4 heterocycles. The maximum absolute atomic E-state index is 5.25. The van der Waals surface area contributed by atoms with Gasteiger partial charge in [-0.15, -0.1) is 0 Å². The molecule has 0 aliphatic carbocycles. The van der Waals surface area contributed by atoms with E-state index in [2.05, 4.69) is 167 Å². The first-order valence-corrected chi connectivity index (χ1v) is 19.2. The second-order valence-corrected chi connectivity index (χ2v) is 14.9. The second-order valence-electron chi connectivity index (χ2n) is 14.9. The number of benzene rings is 9. The molecule has 0 N–H and O–H groups in total. The van der Waals surface area contributed by atoms with Gasteiger partial charge >= 0.3 is 0 Å². The number of aromatic nitrogens is 4. The molecule has 0 saturated carbocycles. The second kappa shape index (κ2) is 11.0. The molecule has 0 amide bonds. The summed E-state index contributed by atoms with van der Waals surface area (Å²) in [6, 6.07) is 65.7. The highest BCUT2D eigenvalue weighted by molar-refractivity contribution is 6.37. The van der Waals surface area contributed by atoms with Crippen LogP contribution >= 0.6 is 0 Å². The molecule has 0 aliphatic rings. The Morgan fingerprint density at radius 1 is 0.339 bits per heavy atom.